The van der Waals surface area contributed by atoms with Crippen molar-refractivity contribution in [3.05, 3.63) is 60.2 Å². The Labute approximate surface area is 136 Å². The van der Waals surface area contributed by atoms with E-state index < -0.39 is 0 Å². The van der Waals surface area contributed by atoms with E-state index in [1.165, 1.54) is 0 Å². The molecule has 0 bridgehead atoms. The summed E-state index contributed by atoms with van der Waals surface area (Å²) in [6.07, 6.45) is 5.38. The van der Waals surface area contributed by atoms with E-state index in [0.29, 0.717) is 19.1 Å². The highest BCUT2D eigenvalue weighted by Crippen LogP contribution is 2.25. The van der Waals surface area contributed by atoms with Crippen LogP contribution in [-0.4, -0.2) is 40.5 Å². The molecule has 1 aromatic carbocycles. The van der Waals surface area contributed by atoms with Gasteiger partial charge in [-0.3, -0.25) is 4.79 Å². The summed E-state index contributed by atoms with van der Waals surface area (Å²) in [5.41, 5.74) is 2.10. The molecule has 1 amide bonds. The van der Waals surface area contributed by atoms with Crippen molar-refractivity contribution < 1.29 is 9.53 Å². The first-order valence-electron chi connectivity index (χ1n) is 7.98. The summed E-state index contributed by atoms with van der Waals surface area (Å²) in [6, 6.07) is 11.8. The Morgan fingerprint density at radius 2 is 2.13 bits per heavy atom. The van der Waals surface area contributed by atoms with Gasteiger partial charge in [-0.1, -0.05) is 30.3 Å². The number of rotatable bonds is 5. The number of hydrogen-bond acceptors (Lipinski definition) is 4. The summed E-state index contributed by atoms with van der Waals surface area (Å²) in [5, 5.41) is 0. The zero-order valence-corrected chi connectivity index (χ0v) is 13.1. The Morgan fingerprint density at radius 3 is 2.91 bits per heavy atom. The van der Waals surface area contributed by atoms with Crippen LogP contribution in [0.5, 0.6) is 0 Å². The van der Waals surface area contributed by atoms with E-state index in [9.17, 15) is 4.79 Å². The number of nitrogens with zero attached hydrogens (tertiary/aromatic N) is 3. The van der Waals surface area contributed by atoms with E-state index >= 15 is 0 Å². The normalized spacial score (nSPS) is 17.9. The second-order valence-corrected chi connectivity index (χ2v) is 5.79. The number of piperidine rings is 1. The second-order valence-electron chi connectivity index (χ2n) is 5.79. The highest BCUT2D eigenvalue weighted by molar-refractivity contribution is 5.77. The van der Waals surface area contributed by atoms with Crippen LogP contribution < -0.4 is 0 Å². The Hall–Kier alpha value is -2.27. The van der Waals surface area contributed by atoms with Gasteiger partial charge in [0.05, 0.1) is 6.61 Å². The molecule has 0 unspecified atom stereocenters. The highest BCUT2D eigenvalue weighted by Gasteiger charge is 2.25. The molecule has 1 aromatic heterocycles. The first-order chi connectivity index (χ1) is 11.3. The monoisotopic (exact) mass is 311 g/mol. The molecular formula is C18H21N3O2. The van der Waals surface area contributed by atoms with Crippen LogP contribution in [0.1, 0.15) is 30.0 Å². The van der Waals surface area contributed by atoms with E-state index in [2.05, 4.69) is 9.97 Å². The van der Waals surface area contributed by atoms with Crippen LogP contribution in [0.25, 0.3) is 0 Å². The number of aromatic nitrogens is 2. The molecule has 0 spiro atoms. The van der Waals surface area contributed by atoms with Crippen molar-refractivity contribution in [2.75, 3.05) is 19.7 Å². The van der Waals surface area contributed by atoms with Crippen LogP contribution >= 0.6 is 0 Å². The fourth-order valence-corrected chi connectivity index (χ4v) is 2.91. The van der Waals surface area contributed by atoms with Crippen LogP contribution in [0.3, 0.4) is 0 Å². The van der Waals surface area contributed by atoms with Gasteiger partial charge in [0.1, 0.15) is 12.9 Å². The van der Waals surface area contributed by atoms with Gasteiger partial charge in [-0.05, 0) is 24.5 Å². The smallest absolute Gasteiger partial charge is 0.248 e. The van der Waals surface area contributed by atoms with Gasteiger partial charge < -0.3 is 9.64 Å². The number of benzene rings is 1. The number of likely N-dealkylation sites (tertiary alicyclic amines) is 1. The number of carbonyl (C=O) groups excluding carboxylic acids is 1. The molecule has 5 heteroatoms. The summed E-state index contributed by atoms with van der Waals surface area (Å²) in [7, 11) is 0. The lowest BCUT2D eigenvalue weighted by atomic mass is 9.94. The SMILES string of the molecule is O=C(COCc1ccccc1)N1CCC[C@H](c2ccncn2)C1. The predicted octanol–water partition coefficient (Wildman–Crippen LogP) is 2.40. The number of ether oxygens (including phenoxy) is 1. The molecule has 1 aliphatic heterocycles. The van der Waals surface area contributed by atoms with Gasteiger partial charge >= 0.3 is 0 Å². The summed E-state index contributed by atoms with van der Waals surface area (Å²) in [5.74, 6) is 0.351. The van der Waals surface area contributed by atoms with Crippen LogP contribution in [0.15, 0.2) is 48.9 Å². The molecule has 1 atom stereocenters. The van der Waals surface area contributed by atoms with Crippen molar-refractivity contribution in [1.82, 2.24) is 14.9 Å². The molecule has 2 heterocycles. The summed E-state index contributed by atoms with van der Waals surface area (Å²) >= 11 is 0. The molecule has 0 aliphatic carbocycles. The molecule has 0 N–H and O–H groups in total. The maximum absolute atomic E-state index is 12.3. The number of amides is 1. The maximum Gasteiger partial charge on any atom is 0.248 e. The average Bonchev–Trinajstić information content (AvgIpc) is 2.63. The lowest BCUT2D eigenvalue weighted by Crippen LogP contribution is -2.41. The minimum atomic E-state index is 0.0553. The minimum absolute atomic E-state index is 0.0553. The minimum Gasteiger partial charge on any atom is -0.367 e. The van der Waals surface area contributed by atoms with Crippen LogP contribution in [0, 0.1) is 0 Å². The third-order valence-corrected chi connectivity index (χ3v) is 4.13. The molecule has 2 aromatic rings. The molecule has 1 saturated heterocycles. The van der Waals surface area contributed by atoms with Crippen molar-refractivity contribution in [1.29, 1.82) is 0 Å². The van der Waals surface area contributed by atoms with Gasteiger partial charge in [0.25, 0.3) is 0 Å². The summed E-state index contributed by atoms with van der Waals surface area (Å²) < 4.78 is 5.56. The molecule has 1 fully saturated rings. The van der Waals surface area contributed by atoms with Gasteiger partial charge in [0, 0.05) is 30.9 Å². The van der Waals surface area contributed by atoms with Crippen molar-refractivity contribution in [2.45, 2.75) is 25.4 Å². The number of carbonyl (C=O) groups is 1. The first-order valence-corrected chi connectivity index (χ1v) is 7.98. The second kappa shape index (κ2) is 7.83. The van der Waals surface area contributed by atoms with E-state index in [0.717, 1.165) is 30.6 Å². The van der Waals surface area contributed by atoms with Crippen molar-refractivity contribution in [3.63, 3.8) is 0 Å². The molecule has 0 radical (unpaired) electrons. The predicted molar refractivity (Wildman–Crippen MR) is 86.7 cm³/mol. The van der Waals surface area contributed by atoms with Crippen LogP contribution in [-0.2, 0) is 16.1 Å². The Kier molecular flexibility index (Phi) is 5.32. The zero-order chi connectivity index (χ0) is 15.9. The quantitative estimate of drug-likeness (QED) is 0.851. The standard InChI is InChI=1S/C18H21N3O2/c22-18(13-23-12-15-5-2-1-3-6-15)21-10-4-7-16(11-21)17-8-9-19-14-20-17/h1-3,5-6,8-9,14,16H,4,7,10-13H2/t16-/m0/s1. The topological polar surface area (TPSA) is 55.3 Å². The summed E-state index contributed by atoms with van der Waals surface area (Å²) in [6.45, 7) is 2.11. The van der Waals surface area contributed by atoms with Gasteiger partial charge in [-0.15, -0.1) is 0 Å². The van der Waals surface area contributed by atoms with Crippen molar-refractivity contribution in [2.24, 2.45) is 0 Å². The Balaban J connectivity index is 1.49. The van der Waals surface area contributed by atoms with Crippen LogP contribution in [0.4, 0.5) is 0 Å². The maximum atomic E-state index is 12.3. The van der Waals surface area contributed by atoms with E-state index in [1.807, 2.05) is 41.3 Å². The van der Waals surface area contributed by atoms with E-state index in [4.69, 9.17) is 4.74 Å². The molecule has 1 aliphatic rings. The Morgan fingerprint density at radius 1 is 1.26 bits per heavy atom. The van der Waals surface area contributed by atoms with Gasteiger partial charge in [0.2, 0.25) is 5.91 Å². The van der Waals surface area contributed by atoms with Gasteiger partial charge in [-0.2, -0.15) is 0 Å². The number of hydrogen-bond donors (Lipinski definition) is 0. The van der Waals surface area contributed by atoms with E-state index in [1.54, 1.807) is 12.5 Å². The molecule has 0 saturated carbocycles. The van der Waals surface area contributed by atoms with E-state index in [-0.39, 0.29) is 12.5 Å². The molecule has 3 rings (SSSR count). The average molecular weight is 311 g/mol. The van der Waals surface area contributed by atoms with Gasteiger partial charge in [-0.25, -0.2) is 9.97 Å². The molecule has 120 valence electrons. The zero-order valence-electron chi connectivity index (χ0n) is 13.1. The fraction of sp³-hybridized carbons (Fsp3) is 0.389. The van der Waals surface area contributed by atoms with Crippen LogP contribution in [0.2, 0.25) is 0 Å². The van der Waals surface area contributed by atoms with Gasteiger partial charge in [0.15, 0.2) is 0 Å². The van der Waals surface area contributed by atoms with Crippen molar-refractivity contribution >= 4 is 5.91 Å². The third kappa shape index (κ3) is 4.36. The highest BCUT2D eigenvalue weighted by atomic mass is 16.5. The Bertz CT molecular complexity index is 619. The summed E-state index contributed by atoms with van der Waals surface area (Å²) in [4.78, 5) is 22.5. The lowest BCUT2D eigenvalue weighted by Gasteiger charge is -2.32. The third-order valence-electron chi connectivity index (χ3n) is 4.13. The molecule has 23 heavy (non-hydrogen) atoms. The first kappa shape index (κ1) is 15.6. The van der Waals surface area contributed by atoms with Crippen molar-refractivity contribution in [3.8, 4) is 0 Å². The lowest BCUT2D eigenvalue weighted by molar-refractivity contribution is -0.137. The molecular weight excluding hydrogens is 290 g/mol. The largest absolute Gasteiger partial charge is 0.367 e. The fourth-order valence-electron chi connectivity index (χ4n) is 2.91. The molecule has 5 nitrogen and oxygen atoms in total.